The van der Waals surface area contributed by atoms with Crippen molar-refractivity contribution in [3.05, 3.63) is 57.4 Å². The average Bonchev–Trinajstić information content (AvgIpc) is 2.97. The first-order chi connectivity index (χ1) is 14.6. The second kappa shape index (κ2) is 9.13. The molecule has 3 heterocycles. The van der Waals surface area contributed by atoms with Crippen LogP contribution in [0.2, 0.25) is 10.3 Å². The number of allylic oxidation sites excluding steroid dienone is 1. The van der Waals surface area contributed by atoms with Gasteiger partial charge in [-0.3, -0.25) is 4.68 Å². The lowest BCUT2D eigenvalue weighted by Gasteiger charge is -2.30. The number of halogens is 2. The predicted molar refractivity (Wildman–Crippen MR) is 125 cm³/mol. The summed E-state index contributed by atoms with van der Waals surface area (Å²) in [5.74, 6) is 1.00. The van der Waals surface area contributed by atoms with Crippen LogP contribution in [0.4, 0.5) is 5.69 Å². The van der Waals surface area contributed by atoms with Gasteiger partial charge in [-0.1, -0.05) is 37.0 Å². The van der Waals surface area contributed by atoms with Crippen molar-refractivity contribution in [2.45, 2.75) is 33.2 Å². The van der Waals surface area contributed by atoms with E-state index in [1.165, 1.54) is 11.6 Å². The Kier molecular flexibility index (Phi) is 6.73. The number of aryl methyl sites for hydroxylation is 2. The third-order valence-electron chi connectivity index (χ3n) is 5.14. The molecule has 0 radical (unpaired) electrons. The van der Waals surface area contributed by atoms with E-state index in [2.05, 4.69) is 36.1 Å². The van der Waals surface area contributed by atoms with Crippen molar-refractivity contribution in [3.63, 3.8) is 0 Å². The van der Waals surface area contributed by atoms with Gasteiger partial charge in [-0.2, -0.15) is 10.4 Å². The van der Waals surface area contributed by atoms with E-state index < -0.39 is 0 Å². The molecule has 0 spiro atoms. The normalized spacial score (nSPS) is 11.8. The Morgan fingerprint density at radius 2 is 1.84 bits per heavy atom. The second-order valence-electron chi connectivity index (χ2n) is 7.78. The summed E-state index contributed by atoms with van der Waals surface area (Å²) in [7, 11) is 5.67. The van der Waals surface area contributed by atoms with Gasteiger partial charge in [0.15, 0.2) is 5.65 Å². The Morgan fingerprint density at radius 3 is 2.42 bits per heavy atom. The zero-order valence-electron chi connectivity index (χ0n) is 18.5. The Labute approximate surface area is 192 Å². The summed E-state index contributed by atoms with van der Waals surface area (Å²) in [6.45, 7) is 6.85. The van der Waals surface area contributed by atoms with Gasteiger partial charge in [0.1, 0.15) is 16.1 Å². The highest BCUT2D eigenvalue weighted by molar-refractivity contribution is 6.32. The lowest BCUT2D eigenvalue weighted by atomic mass is 9.99. The monoisotopic (exact) mass is 457 g/mol. The Bertz CT molecular complexity index is 1170. The van der Waals surface area contributed by atoms with Crippen LogP contribution in [0.15, 0.2) is 30.1 Å². The summed E-state index contributed by atoms with van der Waals surface area (Å²) in [5.41, 5.74) is 4.67. The van der Waals surface area contributed by atoms with E-state index in [9.17, 15) is 5.26 Å². The molecule has 0 unspecified atom stereocenters. The van der Waals surface area contributed by atoms with Crippen LogP contribution in [0.3, 0.4) is 0 Å². The molecule has 0 saturated carbocycles. The number of anilines is 1. The molecule has 0 aliphatic heterocycles. The van der Waals surface area contributed by atoms with Gasteiger partial charge in [0.2, 0.25) is 0 Å². The van der Waals surface area contributed by atoms with Crippen LogP contribution >= 0.6 is 23.2 Å². The summed E-state index contributed by atoms with van der Waals surface area (Å²) in [5, 5.41) is 15.6. The average molecular weight is 458 g/mol. The van der Waals surface area contributed by atoms with Crippen LogP contribution in [-0.4, -0.2) is 38.7 Å². The van der Waals surface area contributed by atoms with Crippen molar-refractivity contribution in [1.82, 2.24) is 24.6 Å². The fourth-order valence-corrected chi connectivity index (χ4v) is 4.14. The van der Waals surface area contributed by atoms with E-state index >= 15 is 0 Å². The minimum absolute atomic E-state index is 0.286. The van der Waals surface area contributed by atoms with E-state index in [1.54, 1.807) is 12.1 Å². The fourth-order valence-electron chi connectivity index (χ4n) is 3.69. The van der Waals surface area contributed by atoms with E-state index in [4.69, 9.17) is 28.2 Å². The number of fused-ring (bicyclic) bond motifs is 1. The minimum Gasteiger partial charge on any atom is -0.355 e. The van der Waals surface area contributed by atoms with Crippen molar-refractivity contribution in [2.24, 2.45) is 7.05 Å². The molecule has 3 aromatic heterocycles. The number of hydrogen-bond acceptors (Lipinski definition) is 6. The second-order valence-corrected chi connectivity index (χ2v) is 8.56. The number of rotatable bonds is 6. The van der Waals surface area contributed by atoms with Crippen molar-refractivity contribution in [3.8, 4) is 6.07 Å². The summed E-state index contributed by atoms with van der Waals surface area (Å²) >= 11 is 12.1. The van der Waals surface area contributed by atoms with Gasteiger partial charge in [-0.15, -0.1) is 0 Å². The molecular formula is C22H25Cl2N7. The highest BCUT2D eigenvalue weighted by Gasteiger charge is 2.19. The molecular weight excluding hydrogens is 433 g/mol. The van der Waals surface area contributed by atoms with E-state index in [1.807, 2.05) is 42.5 Å². The maximum Gasteiger partial charge on any atom is 0.158 e. The van der Waals surface area contributed by atoms with Crippen molar-refractivity contribution in [2.75, 3.05) is 19.0 Å². The number of aromatic nitrogens is 4. The van der Waals surface area contributed by atoms with Crippen molar-refractivity contribution >= 4 is 39.9 Å². The zero-order valence-corrected chi connectivity index (χ0v) is 20.0. The molecule has 9 heteroatoms. The first kappa shape index (κ1) is 22.9. The molecule has 7 nitrogen and oxygen atoms in total. The first-order valence-electron chi connectivity index (χ1n) is 9.83. The molecule has 0 aliphatic carbocycles. The fraction of sp³-hybridized carbons (Fsp3) is 0.364. The van der Waals surface area contributed by atoms with Gasteiger partial charge >= 0.3 is 0 Å². The van der Waals surface area contributed by atoms with Gasteiger partial charge in [0, 0.05) is 32.2 Å². The molecule has 3 aromatic rings. The molecule has 0 atom stereocenters. The Hall–Kier alpha value is -2.82. The summed E-state index contributed by atoms with van der Waals surface area (Å²) in [6.07, 6.45) is 1.48. The number of pyridine rings is 2. The summed E-state index contributed by atoms with van der Waals surface area (Å²) < 4.78 is 1.82. The van der Waals surface area contributed by atoms with Crippen LogP contribution in [0.1, 0.15) is 36.7 Å². The topological polar surface area (TPSA) is 73.9 Å². The van der Waals surface area contributed by atoms with Gasteiger partial charge in [0.25, 0.3) is 0 Å². The van der Waals surface area contributed by atoms with Crippen molar-refractivity contribution in [1.29, 1.82) is 5.26 Å². The molecule has 0 aromatic carbocycles. The molecule has 3 rings (SSSR count). The van der Waals surface area contributed by atoms with Crippen molar-refractivity contribution < 1.29 is 0 Å². The molecule has 0 bridgehead atoms. The van der Waals surface area contributed by atoms with E-state index in [0.29, 0.717) is 18.3 Å². The van der Waals surface area contributed by atoms with Crippen LogP contribution in [0, 0.1) is 18.3 Å². The molecule has 0 N–H and O–H groups in total. The maximum absolute atomic E-state index is 9.38. The largest absolute Gasteiger partial charge is 0.355 e. The minimum atomic E-state index is 0.286. The Balaban J connectivity index is 1.99. The van der Waals surface area contributed by atoms with Crippen LogP contribution in [0.5, 0.6) is 0 Å². The number of nitriles is 1. The highest BCUT2D eigenvalue weighted by Crippen LogP contribution is 2.29. The van der Waals surface area contributed by atoms with Crippen LogP contribution in [-0.2, 0) is 13.6 Å². The van der Waals surface area contributed by atoms with Gasteiger partial charge < -0.3 is 9.80 Å². The number of nitrogens with zero attached hydrogens (tertiary/aromatic N) is 7. The van der Waals surface area contributed by atoms with Gasteiger partial charge in [-0.05, 0) is 36.6 Å². The molecule has 31 heavy (non-hydrogen) atoms. The SMILES string of the molecule is Cc1nn(C)c2nc(CN(C)/C(=C\C#N)N(C)c3cc(Cl)nc(Cl)c3)cc(C(C)C)c12. The standard InChI is InChI=1S/C22H25Cl2N7/c1-13(2)17-9-15(26-22-21(17)14(3)28-31(22)6)12-29(4)20(7-8-25)30(5)16-10-18(23)27-19(24)11-16/h7,9-11,13H,12H2,1-6H3/b20-7+. The quantitative estimate of drug-likeness (QED) is 0.381. The summed E-state index contributed by atoms with van der Waals surface area (Å²) in [6, 6.07) is 7.65. The number of hydrogen-bond donors (Lipinski definition) is 0. The first-order valence-corrected chi connectivity index (χ1v) is 10.6. The van der Waals surface area contributed by atoms with Gasteiger partial charge in [0.05, 0.1) is 30.1 Å². The van der Waals surface area contributed by atoms with E-state index in [0.717, 1.165) is 28.1 Å². The maximum atomic E-state index is 9.38. The lowest BCUT2D eigenvalue weighted by Crippen LogP contribution is -2.30. The smallest absolute Gasteiger partial charge is 0.158 e. The van der Waals surface area contributed by atoms with Crippen LogP contribution < -0.4 is 4.90 Å². The van der Waals surface area contributed by atoms with Crippen LogP contribution in [0.25, 0.3) is 11.0 Å². The molecule has 0 saturated heterocycles. The molecule has 0 amide bonds. The summed E-state index contributed by atoms with van der Waals surface area (Å²) in [4.78, 5) is 12.7. The molecule has 0 aliphatic rings. The molecule has 162 valence electrons. The third kappa shape index (κ3) is 4.76. The zero-order chi connectivity index (χ0) is 22.9. The molecule has 0 fully saturated rings. The van der Waals surface area contributed by atoms with E-state index in [-0.39, 0.29) is 10.3 Å². The lowest BCUT2D eigenvalue weighted by molar-refractivity contribution is 0.396. The third-order valence-corrected chi connectivity index (χ3v) is 5.52. The Morgan fingerprint density at radius 1 is 1.19 bits per heavy atom. The predicted octanol–water partition coefficient (Wildman–Crippen LogP) is 5.04. The van der Waals surface area contributed by atoms with Gasteiger partial charge in [-0.25, -0.2) is 9.97 Å². The highest BCUT2D eigenvalue weighted by atomic mass is 35.5.